The number of hydrogen-bond donors (Lipinski definition) is 0. The van der Waals surface area contributed by atoms with E-state index in [2.05, 4.69) is 44.0 Å². The van der Waals surface area contributed by atoms with Crippen molar-refractivity contribution in [2.45, 2.75) is 12.8 Å². The molecular weight excluding hydrogens is 264 g/mol. The van der Waals surface area contributed by atoms with E-state index < -0.39 is 0 Å². The van der Waals surface area contributed by atoms with Crippen molar-refractivity contribution in [2.75, 3.05) is 18.0 Å². The quantitative estimate of drug-likeness (QED) is 0.734. The highest BCUT2D eigenvalue weighted by Gasteiger charge is 2.32. The molecule has 1 fully saturated rings. The summed E-state index contributed by atoms with van der Waals surface area (Å²) in [4.78, 5) is 6.71. The van der Waals surface area contributed by atoms with Crippen molar-refractivity contribution in [3.8, 4) is 0 Å². The van der Waals surface area contributed by atoms with Crippen LogP contribution in [0.25, 0.3) is 0 Å². The molecule has 2 heterocycles. The Bertz CT molecular complexity index is 400. The summed E-state index contributed by atoms with van der Waals surface area (Å²) in [5.74, 6) is 1.70. The van der Waals surface area contributed by atoms with Crippen LogP contribution in [0.15, 0.2) is 35.1 Å². The highest BCUT2D eigenvalue weighted by Crippen LogP contribution is 2.35. The number of rotatable bonds is 1. The van der Waals surface area contributed by atoms with Crippen molar-refractivity contribution >= 4 is 21.6 Å². The molecule has 16 heavy (non-hydrogen) atoms. The minimum absolute atomic E-state index is 0.851. The first-order valence-corrected chi connectivity index (χ1v) is 6.63. The summed E-state index contributed by atoms with van der Waals surface area (Å²) in [6.07, 6.45) is 11.0. The number of fused-ring (bicyclic) bond motifs is 1. The Kier molecular flexibility index (Phi) is 2.72. The third-order valence-electron chi connectivity index (χ3n) is 3.68. The van der Waals surface area contributed by atoms with Crippen LogP contribution >= 0.6 is 15.9 Å². The molecule has 3 rings (SSSR count). The SMILES string of the molecule is Brc1cncc(N2CC3CC=CCC3C2)c1. The lowest BCUT2D eigenvalue weighted by atomic mass is 9.86. The first-order chi connectivity index (χ1) is 7.83. The molecule has 1 aromatic rings. The molecule has 3 heteroatoms. The number of pyridine rings is 1. The van der Waals surface area contributed by atoms with Gasteiger partial charge in [-0.15, -0.1) is 0 Å². The molecule has 0 bridgehead atoms. The zero-order chi connectivity index (χ0) is 11.0. The predicted molar refractivity (Wildman–Crippen MR) is 69.5 cm³/mol. The van der Waals surface area contributed by atoms with Gasteiger partial charge in [0.05, 0.1) is 11.9 Å². The summed E-state index contributed by atoms with van der Waals surface area (Å²) in [6, 6.07) is 2.16. The van der Waals surface area contributed by atoms with E-state index in [0.29, 0.717) is 0 Å². The fourth-order valence-electron chi connectivity index (χ4n) is 2.80. The standard InChI is InChI=1S/C13H15BrN2/c14-12-5-13(7-15-6-12)16-8-10-3-1-2-4-11(10)9-16/h1-2,5-7,10-11H,3-4,8-9H2. The van der Waals surface area contributed by atoms with Crippen LogP contribution in [0.5, 0.6) is 0 Å². The van der Waals surface area contributed by atoms with Gasteiger partial charge in [-0.3, -0.25) is 4.98 Å². The van der Waals surface area contributed by atoms with Gasteiger partial charge in [-0.2, -0.15) is 0 Å². The zero-order valence-corrected chi connectivity index (χ0v) is 10.7. The first-order valence-electron chi connectivity index (χ1n) is 5.83. The smallest absolute Gasteiger partial charge is 0.0564 e. The Morgan fingerprint density at radius 2 is 1.81 bits per heavy atom. The van der Waals surface area contributed by atoms with Crippen molar-refractivity contribution in [3.63, 3.8) is 0 Å². The van der Waals surface area contributed by atoms with Crippen molar-refractivity contribution < 1.29 is 0 Å². The van der Waals surface area contributed by atoms with Gasteiger partial charge in [-0.05, 0) is 46.7 Å². The van der Waals surface area contributed by atoms with Gasteiger partial charge in [0.15, 0.2) is 0 Å². The lowest BCUT2D eigenvalue weighted by Crippen LogP contribution is -2.19. The number of aromatic nitrogens is 1. The molecule has 1 aliphatic heterocycles. The van der Waals surface area contributed by atoms with Gasteiger partial charge in [-0.25, -0.2) is 0 Å². The molecule has 0 aromatic carbocycles. The molecule has 2 unspecified atom stereocenters. The Morgan fingerprint density at radius 1 is 1.12 bits per heavy atom. The Morgan fingerprint density at radius 3 is 2.44 bits per heavy atom. The van der Waals surface area contributed by atoms with Crippen molar-refractivity contribution in [2.24, 2.45) is 11.8 Å². The van der Waals surface area contributed by atoms with Crippen molar-refractivity contribution in [3.05, 3.63) is 35.1 Å². The third-order valence-corrected chi connectivity index (χ3v) is 4.11. The van der Waals surface area contributed by atoms with Crippen LogP contribution in [0.3, 0.4) is 0 Å². The monoisotopic (exact) mass is 278 g/mol. The summed E-state index contributed by atoms with van der Waals surface area (Å²) in [6.45, 7) is 2.38. The summed E-state index contributed by atoms with van der Waals surface area (Å²) in [5.41, 5.74) is 1.25. The maximum absolute atomic E-state index is 4.24. The molecule has 2 aliphatic rings. The van der Waals surface area contributed by atoms with Gasteiger partial charge >= 0.3 is 0 Å². The third kappa shape index (κ3) is 1.88. The highest BCUT2D eigenvalue weighted by atomic mass is 79.9. The van der Waals surface area contributed by atoms with Crippen LogP contribution in [0.4, 0.5) is 5.69 Å². The molecular formula is C13H15BrN2. The molecule has 2 nitrogen and oxygen atoms in total. The van der Waals surface area contributed by atoms with E-state index >= 15 is 0 Å². The lowest BCUT2D eigenvalue weighted by Gasteiger charge is -2.18. The molecule has 0 amide bonds. The minimum atomic E-state index is 0.851. The number of anilines is 1. The maximum Gasteiger partial charge on any atom is 0.0564 e. The van der Waals surface area contributed by atoms with Crippen LogP contribution in [0, 0.1) is 11.8 Å². The number of hydrogen-bond acceptors (Lipinski definition) is 2. The van der Waals surface area contributed by atoms with Crippen LogP contribution in [-0.2, 0) is 0 Å². The van der Waals surface area contributed by atoms with Gasteiger partial charge in [0.2, 0.25) is 0 Å². The van der Waals surface area contributed by atoms with Crippen LogP contribution < -0.4 is 4.90 Å². The van der Waals surface area contributed by atoms with Crippen LogP contribution in [-0.4, -0.2) is 18.1 Å². The molecule has 1 aliphatic carbocycles. The van der Waals surface area contributed by atoms with Crippen LogP contribution in [0.1, 0.15) is 12.8 Å². The Balaban J connectivity index is 1.79. The summed E-state index contributed by atoms with van der Waals surface area (Å²) >= 11 is 3.48. The van der Waals surface area contributed by atoms with E-state index in [1.54, 1.807) is 0 Å². The molecule has 0 N–H and O–H groups in total. The van der Waals surface area contributed by atoms with Crippen LogP contribution in [0.2, 0.25) is 0 Å². The van der Waals surface area contributed by atoms with E-state index in [1.165, 1.54) is 31.6 Å². The average molecular weight is 279 g/mol. The highest BCUT2D eigenvalue weighted by molar-refractivity contribution is 9.10. The summed E-state index contributed by atoms with van der Waals surface area (Å²) in [5, 5.41) is 0. The van der Waals surface area contributed by atoms with Crippen molar-refractivity contribution in [1.82, 2.24) is 4.98 Å². The fourth-order valence-corrected chi connectivity index (χ4v) is 3.15. The van der Waals surface area contributed by atoms with E-state index in [-0.39, 0.29) is 0 Å². The predicted octanol–water partition coefficient (Wildman–Crippen LogP) is 3.25. The van der Waals surface area contributed by atoms with Gasteiger partial charge in [-0.1, -0.05) is 12.2 Å². The number of halogens is 1. The molecule has 1 aromatic heterocycles. The van der Waals surface area contributed by atoms with E-state index in [9.17, 15) is 0 Å². The fraction of sp³-hybridized carbons (Fsp3) is 0.462. The van der Waals surface area contributed by atoms with E-state index in [0.717, 1.165) is 16.3 Å². The normalized spacial score (nSPS) is 28.2. The van der Waals surface area contributed by atoms with Gasteiger partial charge in [0.25, 0.3) is 0 Å². The van der Waals surface area contributed by atoms with E-state index in [4.69, 9.17) is 0 Å². The lowest BCUT2D eigenvalue weighted by molar-refractivity contribution is 0.411. The molecule has 0 spiro atoms. The maximum atomic E-state index is 4.24. The molecule has 0 radical (unpaired) electrons. The summed E-state index contributed by atoms with van der Waals surface area (Å²) < 4.78 is 1.07. The number of allylic oxidation sites excluding steroid dienone is 2. The largest absolute Gasteiger partial charge is 0.370 e. The summed E-state index contributed by atoms with van der Waals surface area (Å²) in [7, 11) is 0. The molecule has 2 atom stereocenters. The van der Waals surface area contributed by atoms with Gasteiger partial charge in [0.1, 0.15) is 0 Å². The second-order valence-corrected chi connectivity index (χ2v) is 5.64. The number of nitrogens with zero attached hydrogens (tertiary/aromatic N) is 2. The average Bonchev–Trinajstić information content (AvgIpc) is 2.72. The molecule has 84 valence electrons. The van der Waals surface area contributed by atoms with E-state index in [1.807, 2.05) is 12.4 Å². The Hall–Kier alpha value is -0.830. The second kappa shape index (κ2) is 4.21. The zero-order valence-electron chi connectivity index (χ0n) is 9.14. The second-order valence-electron chi connectivity index (χ2n) is 4.73. The van der Waals surface area contributed by atoms with Crippen molar-refractivity contribution in [1.29, 1.82) is 0 Å². The minimum Gasteiger partial charge on any atom is -0.370 e. The molecule has 0 saturated carbocycles. The van der Waals surface area contributed by atoms with Gasteiger partial charge < -0.3 is 4.90 Å². The Labute approximate surface area is 104 Å². The van der Waals surface area contributed by atoms with Gasteiger partial charge in [0, 0.05) is 23.8 Å². The first kappa shape index (κ1) is 10.3. The topological polar surface area (TPSA) is 16.1 Å². The molecule has 1 saturated heterocycles.